The van der Waals surface area contributed by atoms with Gasteiger partial charge in [-0.25, -0.2) is 4.39 Å². The van der Waals surface area contributed by atoms with Gasteiger partial charge in [-0.3, -0.25) is 4.79 Å². The summed E-state index contributed by atoms with van der Waals surface area (Å²) in [4.78, 5) is 15.9. The molecule has 0 aliphatic carbocycles. The van der Waals surface area contributed by atoms with Crippen LogP contribution >= 0.6 is 11.6 Å². The number of rotatable bonds is 3. The van der Waals surface area contributed by atoms with Crippen LogP contribution in [0.2, 0.25) is 5.02 Å². The van der Waals surface area contributed by atoms with Gasteiger partial charge in [0, 0.05) is 41.2 Å². The Kier molecular flexibility index (Phi) is 5.58. The average Bonchev–Trinajstić information content (AvgIpc) is 3.18. The largest absolute Gasteiger partial charge is 0.489 e. The van der Waals surface area contributed by atoms with Gasteiger partial charge in [0.15, 0.2) is 11.5 Å². The summed E-state index contributed by atoms with van der Waals surface area (Å²) < 4.78 is 20.0. The highest BCUT2D eigenvalue weighted by atomic mass is 35.5. The van der Waals surface area contributed by atoms with Gasteiger partial charge in [-0.15, -0.1) is 0 Å². The quantitative estimate of drug-likeness (QED) is 0.496. The number of ether oxygens (including phenoxy) is 1. The zero-order valence-corrected chi connectivity index (χ0v) is 20.2. The van der Waals surface area contributed by atoms with Crippen molar-refractivity contribution in [1.29, 1.82) is 0 Å². The summed E-state index contributed by atoms with van der Waals surface area (Å²) >= 11 is 6.27. The lowest BCUT2D eigenvalue weighted by Crippen LogP contribution is -2.49. The summed E-state index contributed by atoms with van der Waals surface area (Å²) in [5.41, 5.74) is 1.89. The van der Waals surface area contributed by atoms with Crippen LogP contribution in [0.15, 0.2) is 95.3 Å². The number of carbonyl (C=O) groups excluding carboxylic acids is 1. The first-order valence-electron chi connectivity index (χ1n) is 11.9. The highest BCUT2D eigenvalue weighted by molar-refractivity contribution is 6.30. The zero-order chi connectivity index (χ0) is 24.9. The lowest BCUT2D eigenvalue weighted by atomic mass is 9.83. The van der Waals surface area contributed by atoms with Crippen molar-refractivity contribution in [3.63, 3.8) is 0 Å². The molecule has 1 atom stereocenters. The van der Waals surface area contributed by atoms with Crippen LogP contribution in [0.1, 0.15) is 27.9 Å². The highest BCUT2D eigenvalue weighted by Gasteiger charge is 2.53. The van der Waals surface area contributed by atoms with Gasteiger partial charge in [0.05, 0.1) is 5.57 Å². The van der Waals surface area contributed by atoms with E-state index in [-0.39, 0.29) is 12.4 Å². The SMILES string of the molecule is O=C(C1=C2NCCCN2C(O)(c2ccc(F)cc2)/C1=C1/COc2ccc(Cl)cc2C1)c1ccccc1. The molecule has 36 heavy (non-hydrogen) atoms. The molecular formula is C29H24ClFN2O3. The third kappa shape index (κ3) is 3.60. The molecular weight excluding hydrogens is 479 g/mol. The van der Waals surface area contributed by atoms with Crippen molar-refractivity contribution >= 4 is 17.4 Å². The number of benzene rings is 3. The third-order valence-corrected chi connectivity index (χ3v) is 7.27. The molecule has 3 heterocycles. The molecule has 0 amide bonds. The van der Waals surface area contributed by atoms with E-state index in [0.717, 1.165) is 23.3 Å². The molecule has 1 fully saturated rings. The van der Waals surface area contributed by atoms with Crippen molar-refractivity contribution in [2.45, 2.75) is 18.6 Å². The fraction of sp³-hybridized carbons (Fsp3) is 0.207. The first-order valence-corrected chi connectivity index (χ1v) is 12.3. The molecule has 7 heteroatoms. The molecule has 5 nitrogen and oxygen atoms in total. The predicted octanol–water partition coefficient (Wildman–Crippen LogP) is 4.96. The van der Waals surface area contributed by atoms with E-state index in [9.17, 15) is 14.3 Å². The monoisotopic (exact) mass is 502 g/mol. The van der Waals surface area contributed by atoms with E-state index in [1.807, 2.05) is 35.2 Å². The van der Waals surface area contributed by atoms with Gasteiger partial charge in [-0.05, 0) is 47.9 Å². The van der Waals surface area contributed by atoms with E-state index < -0.39 is 11.5 Å². The summed E-state index contributed by atoms with van der Waals surface area (Å²) in [5, 5.41) is 16.5. The standard InChI is InChI=1S/C29H24ClFN2O3/c30-22-9-12-24-19(16-22)15-20(17-36-24)26-25(27(34)18-5-2-1-3-6-18)28-32-13-4-14-33(28)29(26,35)21-7-10-23(31)11-8-21/h1-3,5-12,16,32,35H,4,13-15,17H2/b26-20+. The fourth-order valence-corrected chi connectivity index (χ4v) is 5.61. The van der Waals surface area contributed by atoms with Crippen LogP contribution in [0.5, 0.6) is 5.75 Å². The predicted molar refractivity (Wildman–Crippen MR) is 135 cm³/mol. The van der Waals surface area contributed by atoms with Crippen LogP contribution in [0.3, 0.4) is 0 Å². The number of ketones is 1. The number of halogens is 2. The molecule has 0 aromatic heterocycles. The van der Waals surface area contributed by atoms with Gasteiger partial charge in [0.2, 0.25) is 0 Å². The number of hydrogen-bond donors (Lipinski definition) is 2. The van der Waals surface area contributed by atoms with Crippen molar-refractivity contribution in [2.24, 2.45) is 0 Å². The maximum absolute atomic E-state index is 14.0. The molecule has 182 valence electrons. The van der Waals surface area contributed by atoms with Crippen molar-refractivity contribution < 1.29 is 19.0 Å². The highest BCUT2D eigenvalue weighted by Crippen LogP contribution is 2.50. The van der Waals surface area contributed by atoms with Crippen LogP contribution in [-0.4, -0.2) is 35.5 Å². The van der Waals surface area contributed by atoms with Crippen molar-refractivity contribution in [1.82, 2.24) is 10.2 Å². The van der Waals surface area contributed by atoms with Gasteiger partial charge < -0.3 is 20.1 Å². The summed E-state index contributed by atoms with van der Waals surface area (Å²) in [7, 11) is 0. The topological polar surface area (TPSA) is 61.8 Å². The smallest absolute Gasteiger partial charge is 0.197 e. The number of Topliss-reactive ketones (excluding diaryl/α,β-unsaturated/α-hetero) is 1. The van der Waals surface area contributed by atoms with Crippen LogP contribution in [0.4, 0.5) is 4.39 Å². The first kappa shape index (κ1) is 22.8. The van der Waals surface area contributed by atoms with Crippen molar-refractivity contribution in [3.8, 4) is 5.75 Å². The van der Waals surface area contributed by atoms with Crippen LogP contribution in [0, 0.1) is 5.82 Å². The first-order chi connectivity index (χ1) is 17.5. The Morgan fingerprint density at radius 3 is 2.64 bits per heavy atom. The number of nitrogens with zero attached hydrogens (tertiary/aromatic N) is 1. The molecule has 3 aromatic rings. The summed E-state index contributed by atoms with van der Waals surface area (Å²) in [6, 6.07) is 20.3. The third-order valence-electron chi connectivity index (χ3n) is 7.04. The fourth-order valence-electron chi connectivity index (χ4n) is 5.42. The van der Waals surface area contributed by atoms with E-state index >= 15 is 0 Å². The molecule has 6 rings (SSSR count). The number of carbonyl (C=O) groups is 1. The van der Waals surface area contributed by atoms with E-state index in [1.54, 1.807) is 30.3 Å². The molecule has 1 unspecified atom stereocenters. The molecule has 3 aliphatic heterocycles. The number of hydrogen-bond acceptors (Lipinski definition) is 5. The van der Waals surface area contributed by atoms with E-state index in [2.05, 4.69) is 5.32 Å². The molecule has 0 spiro atoms. The van der Waals surface area contributed by atoms with E-state index in [1.165, 1.54) is 12.1 Å². The summed E-state index contributed by atoms with van der Waals surface area (Å²) in [6.07, 6.45) is 1.23. The number of aliphatic hydroxyl groups is 1. The minimum Gasteiger partial charge on any atom is -0.489 e. The van der Waals surface area contributed by atoms with Gasteiger partial charge >= 0.3 is 0 Å². The Bertz CT molecular complexity index is 1420. The van der Waals surface area contributed by atoms with Crippen molar-refractivity contribution in [2.75, 3.05) is 19.7 Å². The second-order valence-corrected chi connectivity index (χ2v) is 9.66. The Morgan fingerprint density at radius 1 is 1.08 bits per heavy atom. The van der Waals surface area contributed by atoms with Crippen LogP contribution in [0.25, 0.3) is 0 Å². The lowest BCUT2D eigenvalue weighted by Gasteiger charge is -2.41. The maximum Gasteiger partial charge on any atom is 0.197 e. The molecule has 0 radical (unpaired) electrons. The maximum atomic E-state index is 14.0. The average molecular weight is 503 g/mol. The van der Waals surface area contributed by atoms with E-state index in [0.29, 0.717) is 52.6 Å². The Balaban J connectivity index is 1.60. The summed E-state index contributed by atoms with van der Waals surface area (Å²) in [5.74, 6) is 0.722. The minimum atomic E-state index is -1.68. The molecule has 0 saturated carbocycles. The Hall–Kier alpha value is -3.61. The summed E-state index contributed by atoms with van der Waals surface area (Å²) in [6.45, 7) is 1.41. The Morgan fingerprint density at radius 2 is 1.86 bits per heavy atom. The van der Waals surface area contributed by atoms with Gasteiger partial charge in [-0.2, -0.15) is 0 Å². The molecule has 3 aromatic carbocycles. The molecule has 3 aliphatic rings. The van der Waals surface area contributed by atoms with E-state index in [4.69, 9.17) is 16.3 Å². The normalized spacial score (nSPS) is 23.0. The van der Waals surface area contributed by atoms with Crippen LogP contribution < -0.4 is 10.1 Å². The molecule has 2 N–H and O–H groups in total. The second-order valence-electron chi connectivity index (χ2n) is 9.23. The van der Waals surface area contributed by atoms with Gasteiger partial charge in [0.1, 0.15) is 24.0 Å². The zero-order valence-electron chi connectivity index (χ0n) is 19.4. The molecule has 1 saturated heterocycles. The van der Waals surface area contributed by atoms with Gasteiger partial charge in [0.25, 0.3) is 0 Å². The van der Waals surface area contributed by atoms with Crippen molar-refractivity contribution in [3.05, 3.63) is 123 Å². The van der Waals surface area contributed by atoms with Crippen LogP contribution in [-0.2, 0) is 12.1 Å². The minimum absolute atomic E-state index is 0.192. The Labute approximate surface area is 213 Å². The molecule has 0 bridgehead atoms. The van der Waals surface area contributed by atoms with Gasteiger partial charge in [-0.1, -0.05) is 54.1 Å². The second kappa shape index (κ2) is 8.80. The number of nitrogens with one attached hydrogen (secondary N) is 1. The number of fused-ring (bicyclic) bond motifs is 2. The lowest BCUT2D eigenvalue weighted by molar-refractivity contribution is -0.0608.